The minimum absolute atomic E-state index is 0.0813. The number of hydrogen-bond acceptors (Lipinski definition) is 2. The molecule has 0 atom stereocenters. The topological polar surface area (TPSA) is 40.8 Å². The monoisotopic (exact) mass is 1110 g/mol. The van der Waals surface area contributed by atoms with Crippen molar-refractivity contribution >= 4 is 54.6 Å². The molecular weight excluding hydrogens is 1050 g/mol. The van der Waals surface area contributed by atoms with E-state index in [0.29, 0.717) is 17.1 Å². The molecule has 0 unspecified atom stereocenters. The Morgan fingerprint density at radius 2 is 1.00 bits per heavy atom. The van der Waals surface area contributed by atoms with Crippen molar-refractivity contribution in [1.82, 2.24) is 18.7 Å². The van der Waals surface area contributed by atoms with Crippen LogP contribution in [-0.2, 0) is 10.8 Å². The Morgan fingerprint density at radius 3 is 1.70 bits per heavy atom. The Bertz CT molecular complexity index is 5460. The zero-order chi connectivity index (χ0) is 62.4. The highest BCUT2D eigenvalue weighted by atomic mass is 16.5. The predicted molar refractivity (Wildman–Crippen MR) is 355 cm³/mol. The molecule has 0 amide bonds. The summed E-state index contributed by atoms with van der Waals surface area (Å²) in [4.78, 5) is 4.95. The molecule has 6 heteroatoms. The summed E-state index contributed by atoms with van der Waals surface area (Å²) in [5.74, 6) is 2.12. The summed E-state index contributed by atoms with van der Waals surface area (Å²) in [5.41, 5.74) is 18.3. The summed E-state index contributed by atoms with van der Waals surface area (Å²) >= 11 is 0. The van der Waals surface area contributed by atoms with Crippen LogP contribution in [0.5, 0.6) is 11.5 Å². The van der Waals surface area contributed by atoms with Gasteiger partial charge in [0.05, 0.1) is 51.3 Å². The summed E-state index contributed by atoms with van der Waals surface area (Å²) in [6.07, 6.45) is 5.93. The van der Waals surface area contributed by atoms with Gasteiger partial charge in [-0.3, -0.25) is 13.7 Å². The zero-order valence-corrected chi connectivity index (χ0v) is 48.6. The van der Waals surface area contributed by atoms with Crippen LogP contribution in [-0.4, -0.2) is 18.7 Å². The van der Waals surface area contributed by atoms with Gasteiger partial charge >= 0.3 is 0 Å². The van der Waals surface area contributed by atoms with Gasteiger partial charge in [0.25, 0.3) is 6.33 Å². The normalized spacial score (nSPS) is 13.1. The number of aromatic nitrogens is 5. The van der Waals surface area contributed by atoms with Gasteiger partial charge in [-0.15, -0.1) is 0 Å². The summed E-state index contributed by atoms with van der Waals surface area (Å²) in [5, 5.41) is 4.49. The fourth-order valence-corrected chi connectivity index (χ4v) is 13.2. The molecule has 5 heterocycles. The lowest BCUT2D eigenvalue weighted by atomic mass is 9.83. The number of benzene rings is 11. The maximum absolute atomic E-state index is 9.52. The fourth-order valence-electron chi connectivity index (χ4n) is 13.2. The molecule has 0 bridgehead atoms. The predicted octanol–water partition coefficient (Wildman–Crippen LogP) is 20.3. The number of rotatable bonds is 7. The van der Waals surface area contributed by atoms with E-state index >= 15 is 0 Å². The minimum atomic E-state index is -0.445. The molecule has 0 saturated carbocycles. The van der Waals surface area contributed by atoms with E-state index in [1.165, 1.54) is 11.1 Å². The molecule has 412 valence electrons. The summed E-state index contributed by atoms with van der Waals surface area (Å²) < 4.78 is 61.7. The third kappa shape index (κ3) is 8.23. The largest absolute Gasteiger partial charge is 0.458 e. The Balaban J connectivity index is 0.990. The van der Waals surface area contributed by atoms with E-state index in [2.05, 4.69) is 260 Å². The van der Waals surface area contributed by atoms with Gasteiger partial charge in [0.1, 0.15) is 17.3 Å². The molecule has 0 radical (unpaired) electrons. The molecule has 4 aromatic heterocycles. The highest BCUT2D eigenvalue weighted by Gasteiger charge is 2.30. The Hall–Kier alpha value is -10.6. The number of fused-ring (bicyclic) bond motifs is 13. The molecule has 0 saturated heterocycles. The minimum Gasteiger partial charge on any atom is -0.458 e. The van der Waals surface area contributed by atoms with Crippen molar-refractivity contribution in [1.29, 1.82) is 0 Å². The average molecular weight is 1110 g/mol. The van der Waals surface area contributed by atoms with Gasteiger partial charge in [-0.25, -0.2) is 4.98 Å². The molecule has 86 heavy (non-hydrogen) atoms. The second-order valence-electron chi connectivity index (χ2n) is 24.6. The van der Waals surface area contributed by atoms with Gasteiger partial charge in [0.2, 0.25) is 0 Å². The lowest BCUT2D eigenvalue weighted by molar-refractivity contribution is -0.570. The fraction of sp³-hybridized carbons (Fsp3) is 0.100. The Labute approximate surface area is 507 Å². The SMILES string of the molecule is [2H]c1c([2H])c([2H])c(-c2cccc3c2-c2cccc(-c4ccc(C(C)(C)C)cc4)c2-[n+]2[c-]n(-c4cccc(Oc5ccc6c7ccccc7n(-c7cc(C(C)(C)C)ccn7)c6c5)c4)c4cc(-n5c6ccccc6c6ccccc65)cc(c42)-c2ccccc2-3)c([2H])c1[2H]. The lowest BCUT2D eigenvalue weighted by Crippen LogP contribution is -2.32. The van der Waals surface area contributed by atoms with E-state index in [4.69, 9.17) is 13.8 Å². The smallest absolute Gasteiger partial charge is 0.269 e. The number of para-hydroxylation sites is 4. The van der Waals surface area contributed by atoms with Crippen molar-refractivity contribution in [2.45, 2.75) is 52.4 Å². The molecule has 0 N–H and O–H groups in total. The van der Waals surface area contributed by atoms with Crippen LogP contribution >= 0.6 is 0 Å². The van der Waals surface area contributed by atoms with Crippen molar-refractivity contribution < 1.29 is 16.2 Å². The summed E-state index contributed by atoms with van der Waals surface area (Å²) in [6.45, 7) is 13.3. The van der Waals surface area contributed by atoms with Gasteiger partial charge in [0, 0.05) is 39.5 Å². The van der Waals surface area contributed by atoms with Crippen molar-refractivity contribution in [2.75, 3.05) is 0 Å². The van der Waals surface area contributed by atoms with Crippen LogP contribution in [0, 0.1) is 6.33 Å². The molecule has 1 aliphatic heterocycles. The highest BCUT2D eigenvalue weighted by Crippen LogP contribution is 2.50. The first kappa shape index (κ1) is 45.9. The summed E-state index contributed by atoms with van der Waals surface area (Å²) in [7, 11) is 0. The molecule has 0 aliphatic carbocycles. The maximum Gasteiger partial charge on any atom is 0.269 e. The van der Waals surface area contributed by atoms with Gasteiger partial charge in [0.15, 0.2) is 0 Å². The van der Waals surface area contributed by atoms with Crippen LogP contribution in [0.3, 0.4) is 0 Å². The van der Waals surface area contributed by atoms with Crippen LogP contribution in [0.4, 0.5) is 0 Å². The first-order valence-corrected chi connectivity index (χ1v) is 29.4. The van der Waals surface area contributed by atoms with Crippen molar-refractivity contribution in [3.05, 3.63) is 278 Å². The van der Waals surface area contributed by atoms with Crippen LogP contribution in [0.1, 0.15) is 59.5 Å². The second kappa shape index (κ2) is 19.5. The van der Waals surface area contributed by atoms with Crippen LogP contribution in [0.15, 0.2) is 261 Å². The molecule has 15 aromatic rings. The Kier molecular flexibility index (Phi) is 10.4. The number of imidazole rings is 1. The van der Waals surface area contributed by atoms with Crippen LogP contribution in [0.25, 0.3) is 133 Å². The average Bonchev–Trinajstić information content (AvgIpc) is 1.62. The molecule has 6 nitrogen and oxygen atoms in total. The van der Waals surface area contributed by atoms with E-state index < -0.39 is 18.1 Å². The molecular formula is C80H61N5O. The molecule has 16 rings (SSSR count). The van der Waals surface area contributed by atoms with E-state index in [9.17, 15) is 2.74 Å². The molecule has 0 fully saturated rings. The number of nitrogens with zero attached hydrogens (tertiary/aromatic N) is 5. The van der Waals surface area contributed by atoms with Crippen molar-refractivity contribution in [3.63, 3.8) is 0 Å². The second-order valence-corrected chi connectivity index (χ2v) is 24.6. The van der Waals surface area contributed by atoms with Crippen LogP contribution in [0.2, 0.25) is 0 Å². The number of ether oxygens (including phenoxy) is 1. The number of pyridine rings is 1. The summed E-state index contributed by atoms with van der Waals surface area (Å²) in [6, 6.07) is 76.7. The quantitative estimate of drug-likeness (QED) is 0.118. The lowest BCUT2D eigenvalue weighted by Gasteiger charge is -2.22. The third-order valence-electron chi connectivity index (χ3n) is 17.3. The van der Waals surface area contributed by atoms with E-state index in [1.54, 1.807) is 0 Å². The zero-order valence-electron chi connectivity index (χ0n) is 53.6. The maximum atomic E-state index is 9.52. The molecule has 11 aromatic carbocycles. The highest BCUT2D eigenvalue weighted by molar-refractivity contribution is 6.12. The van der Waals surface area contributed by atoms with Crippen molar-refractivity contribution in [3.8, 4) is 90.0 Å². The van der Waals surface area contributed by atoms with Gasteiger partial charge in [-0.1, -0.05) is 217 Å². The first-order valence-electron chi connectivity index (χ1n) is 31.9. The third-order valence-corrected chi connectivity index (χ3v) is 17.3. The molecule has 1 aliphatic rings. The van der Waals surface area contributed by atoms with Crippen LogP contribution < -0.4 is 9.30 Å². The Morgan fingerprint density at radius 1 is 0.419 bits per heavy atom. The van der Waals surface area contributed by atoms with E-state index in [-0.39, 0.29) is 28.5 Å². The van der Waals surface area contributed by atoms with Gasteiger partial charge in [-0.2, -0.15) is 0 Å². The standard InChI is InChI=1S/C80H61N5O/c1-79(2,3)53-39-37-52(38-40-53)60-31-20-33-68-76-59(51-21-8-7-9-22-51)30-19-32-67(76)61-25-10-11-26-62(61)69-47-56(84-70-34-15-12-27-63(70)64-28-13-16-35-71(64)84)48-74-78(69)83(77(60)68)50-82(74)55-23-18-24-57(46-55)86-58-41-42-66-65-29-14-17-36-72(65)85(73(66)49-58)75-45-54(43-44-81-75)80(4,5)6/h7-49H,1-6H3/i7D,8D,9D,21D,22D. The van der Waals surface area contributed by atoms with E-state index in [1.807, 2.05) is 36.5 Å². The molecule has 0 spiro atoms. The van der Waals surface area contributed by atoms with Gasteiger partial charge < -0.3 is 9.30 Å². The van der Waals surface area contributed by atoms with Gasteiger partial charge in [-0.05, 0) is 150 Å². The van der Waals surface area contributed by atoms with Crippen molar-refractivity contribution in [2.24, 2.45) is 0 Å². The number of hydrogen-bond donors (Lipinski definition) is 0. The van der Waals surface area contributed by atoms with E-state index in [0.717, 1.165) is 122 Å². The first-order chi connectivity index (χ1) is 44.0.